The minimum atomic E-state index is -0.0163. The van der Waals surface area contributed by atoms with Gasteiger partial charge < -0.3 is 15.4 Å². The Labute approximate surface area is 106 Å². The highest BCUT2D eigenvalue weighted by atomic mass is 32.2. The molecule has 0 aromatic heterocycles. The fourth-order valence-electron chi connectivity index (χ4n) is 1.39. The maximum atomic E-state index is 12.1. The quantitative estimate of drug-likeness (QED) is 0.813. The average molecular weight is 254 g/mol. The molecule has 0 fully saturated rings. The smallest absolute Gasteiger partial charge is 0.253 e. The largest absolute Gasteiger partial charge is 0.495 e. The summed E-state index contributed by atoms with van der Waals surface area (Å²) in [5, 5.41) is 0. The van der Waals surface area contributed by atoms with E-state index in [1.807, 2.05) is 6.26 Å². The van der Waals surface area contributed by atoms with Gasteiger partial charge in [0, 0.05) is 24.9 Å². The van der Waals surface area contributed by atoms with Crippen LogP contribution in [0.5, 0.6) is 5.75 Å². The van der Waals surface area contributed by atoms with Crippen molar-refractivity contribution >= 4 is 23.4 Å². The molecule has 0 unspecified atom stereocenters. The van der Waals surface area contributed by atoms with Crippen molar-refractivity contribution in [1.82, 2.24) is 4.90 Å². The summed E-state index contributed by atoms with van der Waals surface area (Å²) in [4.78, 5) is 13.7. The zero-order valence-corrected chi connectivity index (χ0v) is 11.2. The average Bonchev–Trinajstić information content (AvgIpc) is 2.35. The second-order valence-corrected chi connectivity index (χ2v) is 4.66. The lowest BCUT2D eigenvalue weighted by Crippen LogP contribution is -2.28. The standard InChI is InChI=1S/C12H18N2O2S/c1-14(6-7-17-3)12(15)9-4-5-10(13)11(8-9)16-2/h4-5,8H,6-7,13H2,1-3H3. The molecule has 17 heavy (non-hydrogen) atoms. The summed E-state index contributed by atoms with van der Waals surface area (Å²) in [5.74, 6) is 1.44. The normalized spacial score (nSPS) is 10.1. The lowest BCUT2D eigenvalue weighted by molar-refractivity contribution is 0.0803. The van der Waals surface area contributed by atoms with Crippen molar-refractivity contribution < 1.29 is 9.53 Å². The van der Waals surface area contributed by atoms with Crippen LogP contribution in [-0.2, 0) is 0 Å². The molecule has 0 spiro atoms. The summed E-state index contributed by atoms with van der Waals surface area (Å²) in [6, 6.07) is 5.08. The summed E-state index contributed by atoms with van der Waals surface area (Å²) in [5.41, 5.74) is 6.84. The first kappa shape index (κ1) is 13.7. The number of nitrogens with two attached hydrogens (primary N) is 1. The van der Waals surface area contributed by atoms with Crippen molar-refractivity contribution in [2.75, 3.05) is 38.4 Å². The topological polar surface area (TPSA) is 55.6 Å². The van der Waals surface area contributed by atoms with E-state index in [0.29, 0.717) is 17.0 Å². The third kappa shape index (κ3) is 3.56. The second-order valence-electron chi connectivity index (χ2n) is 3.68. The molecule has 94 valence electrons. The number of ether oxygens (including phenoxy) is 1. The summed E-state index contributed by atoms with van der Waals surface area (Å²) in [6.45, 7) is 0.729. The maximum Gasteiger partial charge on any atom is 0.253 e. The molecule has 1 rings (SSSR count). The molecule has 0 saturated heterocycles. The number of benzene rings is 1. The van der Waals surface area contributed by atoms with Gasteiger partial charge in [-0.05, 0) is 24.5 Å². The number of nitrogen functional groups attached to an aromatic ring is 1. The Bertz CT molecular complexity index is 396. The highest BCUT2D eigenvalue weighted by Crippen LogP contribution is 2.22. The van der Waals surface area contributed by atoms with Gasteiger partial charge in [-0.15, -0.1) is 0 Å². The number of hydrogen-bond acceptors (Lipinski definition) is 4. The van der Waals surface area contributed by atoms with Gasteiger partial charge in [0.15, 0.2) is 0 Å². The summed E-state index contributed by atoms with van der Waals surface area (Å²) in [7, 11) is 3.33. The highest BCUT2D eigenvalue weighted by Gasteiger charge is 2.12. The Kier molecular flexibility index (Phi) is 5.15. The van der Waals surface area contributed by atoms with Gasteiger partial charge in [-0.25, -0.2) is 0 Å². The van der Waals surface area contributed by atoms with Crippen molar-refractivity contribution in [2.24, 2.45) is 0 Å². The highest BCUT2D eigenvalue weighted by molar-refractivity contribution is 7.98. The van der Waals surface area contributed by atoms with Crippen LogP contribution in [0.25, 0.3) is 0 Å². The monoisotopic (exact) mass is 254 g/mol. The molecule has 1 aromatic carbocycles. The summed E-state index contributed by atoms with van der Waals surface area (Å²) >= 11 is 1.71. The molecule has 0 bridgehead atoms. The van der Waals surface area contributed by atoms with Gasteiger partial charge in [-0.2, -0.15) is 11.8 Å². The molecule has 2 N–H and O–H groups in total. The van der Waals surface area contributed by atoms with Crippen LogP contribution in [0, 0.1) is 0 Å². The van der Waals surface area contributed by atoms with E-state index >= 15 is 0 Å². The van der Waals surface area contributed by atoms with E-state index in [1.165, 1.54) is 7.11 Å². The Hall–Kier alpha value is -1.36. The van der Waals surface area contributed by atoms with Gasteiger partial charge in [-0.1, -0.05) is 0 Å². The van der Waals surface area contributed by atoms with Crippen LogP contribution in [0.3, 0.4) is 0 Å². The van der Waals surface area contributed by atoms with E-state index in [2.05, 4.69) is 0 Å². The number of carbonyl (C=O) groups is 1. The fourth-order valence-corrected chi connectivity index (χ4v) is 1.85. The van der Waals surface area contributed by atoms with Gasteiger partial charge in [0.05, 0.1) is 12.8 Å². The minimum absolute atomic E-state index is 0.0163. The predicted molar refractivity (Wildman–Crippen MR) is 72.7 cm³/mol. The molecule has 0 aliphatic carbocycles. The lowest BCUT2D eigenvalue weighted by atomic mass is 10.1. The van der Waals surface area contributed by atoms with Gasteiger partial charge in [0.1, 0.15) is 5.75 Å². The Morgan fingerprint density at radius 1 is 1.53 bits per heavy atom. The van der Waals surface area contributed by atoms with Gasteiger partial charge in [0.25, 0.3) is 5.91 Å². The number of rotatable bonds is 5. The van der Waals surface area contributed by atoms with E-state index in [1.54, 1.807) is 41.9 Å². The van der Waals surface area contributed by atoms with Gasteiger partial charge in [-0.3, -0.25) is 4.79 Å². The van der Waals surface area contributed by atoms with Crippen molar-refractivity contribution in [3.05, 3.63) is 23.8 Å². The van der Waals surface area contributed by atoms with Crippen molar-refractivity contribution in [1.29, 1.82) is 0 Å². The van der Waals surface area contributed by atoms with Crippen molar-refractivity contribution in [3.8, 4) is 5.75 Å². The Balaban J connectivity index is 2.81. The fraction of sp³-hybridized carbons (Fsp3) is 0.417. The second kappa shape index (κ2) is 6.39. The number of carbonyl (C=O) groups excluding carboxylic acids is 1. The molecule has 0 aliphatic heterocycles. The van der Waals surface area contributed by atoms with Crippen LogP contribution >= 0.6 is 11.8 Å². The van der Waals surface area contributed by atoms with Gasteiger partial charge >= 0.3 is 0 Å². The van der Waals surface area contributed by atoms with E-state index in [9.17, 15) is 4.79 Å². The Morgan fingerprint density at radius 2 is 2.24 bits per heavy atom. The first-order valence-electron chi connectivity index (χ1n) is 5.28. The first-order valence-corrected chi connectivity index (χ1v) is 6.67. The molecular formula is C12H18N2O2S. The molecule has 0 radical (unpaired) electrons. The van der Waals surface area contributed by atoms with E-state index in [0.717, 1.165) is 12.3 Å². The van der Waals surface area contributed by atoms with Crippen molar-refractivity contribution in [2.45, 2.75) is 0 Å². The molecule has 0 saturated carbocycles. The van der Waals surface area contributed by atoms with E-state index in [4.69, 9.17) is 10.5 Å². The molecular weight excluding hydrogens is 236 g/mol. The molecule has 4 nitrogen and oxygen atoms in total. The molecule has 0 aliphatic rings. The third-order valence-electron chi connectivity index (χ3n) is 2.46. The Morgan fingerprint density at radius 3 is 2.82 bits per heavy atom. The minimum Gasteiger partial charge on any atom is -0.495 e. The zero-order valence-electron chi connectivity index (χ0n) is 10.4. The molecule has 0 atom stereocenters. The van der Waals surface area contributed by atoms with E-state index < -0.39 is 0 Å². The van der Waals surface area contributed by atoms with Crippen LogP contribution in [0.4, 0.5) is 5.69 Å². The number of thioether (sulfide) groups is 1. The number of amides is 1. The lowest BCUT2D eigenvalue weighted by Gasteiger charge is -2.17. The third-order valence-corrected chi connectivity index (χ3v) is 3.05. The van der Waals surface area contributed by atoms with Crippen LogP contribution in [0.2, 0.25) is 0 Å². The SMILES string of the molecule is COc1cc(C(=O)N(C)CCSC)ccc1N. The maximum absolute atomic E-state index is 12.1. The van der Waals surface area contributed by atoms with Crippen molar-refractivity contribution in [3.63, 3.8) is 0 Å². The number of methoxy groups -OCH3 is 1. The van der Waals surface area contributed by atoms with Gasteiger partial charge in [0.2, 0.25) is 0 Å². The molecule has 1 amide bonds. The molecule has 5 heteroatoms. The number of nitrogens with zero attached hydrogens (tertiary/aromatic N) is 1. The number of anilines is 1. The predicted octanol–water partition coefficient (Wildman–Crippen LogP) is 1.71. The van der Waals surface area contributed by atoms with Crippen LogP contribution in [-0.4, -0.2) is 43.5 Å². The zero-order chi connectivity index (χ0) is 12.8. The molecule has 1 aromatic rings. The van der Waals surface area contributed by atoms with Crippen LogP contribution in [0.15, 0.2) is 18.2 Å². The summed E-state index contributed by atoms with van der Waals surface area (Å²) < 4.78 is 5.10. The summed E-state index contributed by atoms with van der Waals surface area (Å²) in [6.07, 6.45) is 2.02. The van der Waals surface area contributed by atoms with Crippen LogP contribution in [0.1, 0.15) is 10.4 Å². The number of hydrogen-bond donors (Lipinski definition) is 1. The first-order chi connectivity index (χ1) is 8.10. The van der Waals surface area contributed by atoms with E-state index in [-0.39, 0.29) is 5.91 Å². The molecule has 0 heterocycles. The van der Waals surface area contributed by atoms with Crippen LogP contribution < -0.4 is 10.5 Å².